The molecule has 0 aromatic carbocycles. The predicted molar refractivity (Wildman–Crippen MR) is 84.7 cm³/mol. The topological polar surface area (TPSA) is 51.1 Å². The molecule has 22 heavy (non-hydrogen) atoms. The SMILES string of the molecule is C=Cc1ccc(N2c3cnccc3Oc3ccncc32)cn1. The fourth-order valence-corrected chi connectivity index (χ4v) is 2.43. The number of hydrogen-bond donors (Lipinski definition) is 0. The van der Waals surface area contributed by atoms with Gasteiger partial charge in [0.15, 0.2) is 11.5 Å². The lowest BCUT2D eigenvalue weighted by atomic mass is 10.2. The average molecular weight is 288 g/mol. The normalized spacial score (nSPS) is 12.1. The molecule has 0 aliphatic carbocycles. The molecule has 1 aliphatic rings. The van der Waals surface area contributed by atoms with E-state index < -0.39 is 0 Å². The van der Waals surface area contributed by atoms with E-state index in [4.69, 9.17) is 4.74 Å². The zero-order valence-electron chi connectivity index (χ0n) is 11.7. The van der Waals surface area contributed by atoms with E-state index in [1.165, 1.54) is 0 Å². The van der Waals surface area contributed by atoms with Gasteiger partial charge >= 0.3 is 0 Å². The number of rotatable bonds is 2. The average Bonchev–Trinajstić information content (AvgIpc) is 2.60. The van der Waals surface area contributed by atoms with Crippen molar-refractivity contribution in [3.63, 3.8) is 0 Å². The highest BCUT2D eigenvalue weighted by atomic mass is 16.5. The Hall–Kier alpha value is -3.21. The Labute approximate surface area is 127 Å². The van der Waals surface area contributed by atoms with Crippen LogP contribution in [0.4, 0.5) is 17.1 Å². The number of fused-ring (bicyclic) bond motifs is 2. The van der Waals surface area contributed by atoms with Crippen LogP contribution < -0.4 is 9.64 Å². The van der Waals surface area contributed by atoms with Crippen LogP contribution in [0.25, 0.3) is 6.08 Å². The lowest BCUT2D eigenvalue weighted by Gasteiger charge is -2.31. The molecule has 0 amide bonds. The standard InChI is InChI=1S/C17H12N4O/c1-2-12-3-4-13(9-20-12)21-14-10-18-7-5-16(14)22-17-6-8-19-11-15(17)21/h2-11H,1H2. The van der Waals surface area contributed by atoms with Crippen molar-refractivity contribution in [2.24, 2.45) is 0 Å². The number of nitrogens with zero attached hydrogens (tertiary/aromatic N) is 4. The van der Waals surface area contributed by atoms with Crippen molar-refractivity contribution in [3.05, 3.63) is 67.5 Å². The molecule has 0 saturated carbocycles. The Morgan fingerprint density at radius 1 is 0.909 bits per heavy atom. The molecule has 5 nitrogen and oxygen atoms in total. The number of pyridine rings is 3. The van der Waals surface area contributed by atoms with Gasteiger partial charge in [0.25, 0.3) is 0 Å². The summed E-state index contributed by atoms with van der Waals surface area (Å²) in [6, 6.07) is 7.60. The summed E-state index contributed by atoms with van der Waals surface area (Å²) < 4.78 is 5.92. The van der Waals surface area contributed by atoms with E-state index in [0.29, 0.717) is 0 Å². The molecule has 0 fully saturated rings. The smallest absolute Gasteiger partial charge is 0.154 e. The second-order valence-corrected chi connectivity index (χ2v) is 4.77. The quantitative estimate of drug-likeness (QED) is 0.556. The molecule has 0 atom stereocenters. The molecule has 0 spiro atoms. The molecular weight excluding hydrogens is 276 g/mol. The van der Waals surface area contributed by atoms with Gasteiger partial charge in [0.1, 0.15) is 11.4 Å². The van der Waals surface area contributed by atoms with Gasteiger partial charge in [-0.2, -0.15) is 0 Å². The van der Waals surface area contributed by atoms with Crippen molar-refractivity contribution in [2.45, 2.75) is 0 Å². The van der Waals surface area contributed by atoms with Crippen LogP contribution in [0.5, 0.6) is 11.5 Å². The highest BCUT2D eigenvalue weighted by Crippen LogP contribution is 2.49. The third-order valence-corrected chi connectivity index (χ3v) is 3.46. The van der Waals surface area contributed by atoms with Crippen molar-refractivity contribution < 1.29 is 4.74 Å². The van der Waals surface area contributed by atoms with E-state index in [1.807, 2.05) is 29.2 Å². The summed E-state index contributed by atoms with van der Waals surface area (Å²) in [6.45, 7) is 3.73. The first-order valence-electron chi connectivity index (χ1n) is 6.81. The fraction of sp³-hybridized carbons (Fsp3) is 0. The predicted octanol–water partition coefficient (Wildman–Crippen LogP) is 4.09. The highest BCUT2D eigenvalue weighted by Gasteiger charge is 2.26. The van der Waals surface area contributed by atoms with Crippen LogP contribution in [0.2, 0.25) is 0 Å². The molecule has 5 heteroatoms. The maximum absolute atomic E-state index is 5.92. The molecular formula is C17H12N4O. The molecule has 0 unspecified atom stereocenters. The van der Waals surface area contributed by atoms with Crippen molar-refractivity contribution in [3.8, 4) is 11.5 Å². The van der Waals surface area contributed by atoms with Crippen LogP contribution in [-0.4, -0.2) is 15.0 Å². The number of aromatic nitrogens is 3. The lowest BCUT2D eigenvalue weighted by Crippen LogP contribution is -2.16. The van der Waals surface area contributed by atoms with Crippen LogP contribution in [0.1, 0.15) is 5.69 Å². The van der Waals surface area contributed by atoms with Gasteiger partial charge in [0.05, 0.1) is 30.0 Å². The van der Waals surface area contributed by atoms with Crippen LogP contribution in [0, 0.1) is 0 Å². The molecule has 3 aromatic heterocycles. The minimum absolute atomic E-state index is 0.751. The van der Waals surface area contributed by atoms with Gasteiger partial charge in [-0.1, -0.05) is 6.58 Å². The summed E-state index contributed by atoms with van der Waals surface area (Å²) in [5.41, 5.74) is 3.46. The van der Waals surface area contributed by atoms with E-state index in [0.717, 1.165) is 34.3 Å². The van der Waals surface area contributed by atoms with Gasteiger partial charge in [0, 0.05) is 24.5 Å². The van der Waals surface area contributed by atoms with Gasteiger partial charge < -0.3 is 4.74 Å². The second-order valence-electron chi connectivity index (χ2n) is 4.77. The highest BCUT2D eigenvalue weighted by molar-refractivity contribution is 5.84. The number of ether oxygens (including phenoxy) is 1. The number of anilines is 3. The van der Waals surface area contributed by atoms with Crippen LogP contribution >= 0.6 is 0 Å². The van der Waals surface area contributed by atoms with E-state index in [2.05, 4.69) is 21.5 Å². The molecule has 4 heterocycles. The third kappa shape index (κ3) is 1.91. The van der Waals surface area contributed by atoms with Crippen LogP contribution in [-0.2, 0) is 0 Å². The molecule has 0 bridgehead atoms. The van der Waals surface area contributed by atoms with Crippen LogP contribution in [0.15, 0.2) is 61.8 Å². The first-order valence-corrected chi connectivity index (χ1v) is 6.81. The molecule has 0 saturated heterocycles. The van der Waals surface area contributed by atoms with Crippen LogP contribution in [0.3, 0.4) is 0 Å². The van der Waals surface area contributed by atoms with Crippen molar-refractivity contribution in [1.29, 1.82) is 0 Å². The van der Waals surface area contributed by atoms with Gasteiger partial charge in [-0.15, -0.1) is 0 Å². The monoisotopic (exact) mass is 288 g/mol. The molecule has 3 aromatic rings. The zero-order chi connectivity index (χ0) is 14.9. The Morgan fingerprint density at radius 2 is 1.59 bits per heavy atom. The molecule has 0 radical (unpaired) electrons. The van der Waals surface area contributed by atoms with Gasteiger partial charge in [0.2, 0.25) is 0 Å². The van der Waals surface area contributed by atoms with E-state index in [9.17, 15) is 0 Å². The van der Waals surface area contributed by atoms with Gasteiger partial charge in [-0.3, -0.25) is 19.9 Å². The maximum Gasteiger partial charge on any atom is 0.154 e. The summed E-state index contributed by atoms with van der Waals surface area (Å²) in [5, 5.41) is 0. The second kappa shape index (κ2) is 4.96. The molecule has 4 rings (SSSR count). The summed E-state index contributed by atoms with van der Waals surface area (Å²) in [5.74, 6) is 1.50. The van der Waals surface area contributed by atoms with E-state index in [1.54, 1.807) is 37.1 Å². The lowest BCUT2D eigenvalue weighted by molar-refractivity contribution is 0.475. The summed E-state index contributed by atoms with van der Waals surface area (Å²) in [7, 11) is 0. The number of hydrogen-bond acceptors (Lipinski definition) is 5. The summed E-state index contributed by atoms with van der Waals surface area (Å²) in [4.78, 5) is 14.8. The summed E-state index contributed by atoms with van der Waals surface area (Å²) >= 11 is 0. The molecule has 1 aliphatic heterocycles. The Morgan fingerprint density at radius 3 is 2.14 bits per heavy atom. The summed E-state index contributed by atoms with van der Waals surface area (Å²) in [6.07, 6.45) is 10.5. The van der Waals surface area contributed by atoms with E-state index >= 15 is 0 Å². The van der Waals surface area contributed by atoms with Crippen molar-refractivity contribution in [1.82, 2.24) is 15.0 Å². The van der Waals surface area contributed by atoms with Crippen molar-refractivity contribution in [2.75, 3.05) is 4.90 Å². The minimum Gasteiger partial charge on any atom is -0.453 e. The third-order valence-electron chi connectivity index (χ3n) is 3.46. The van der Waals surface area contributed by atoms with Gasteiger partial charge in [-0.05, 0) is 18.2 Å². The Balaban J connectivity index is 1.92. The fourth-order valence-electron chi connectivity index (χ4n) is 2.43. The zero-order valence-corrected chi connectivity index (χ0v) is 11.7. The molecule has 0 N–H and O–H groups in total. The minimum atomic E-state index is 0.751. The maximum atomic E-state index is 5.92. The van der Waals surface area contributed by atoms with Gasteiger partial charge in [-0.25, -0.2) is 0 Å². The van der Waals surface area contributed by atoms with Crippen molar-refractivity contribution >= 4 is 23.1 Å². The van der Waals surface area contributed by atoms with E-state index in [-0.39, 0.29) is 0 Å². The Kier molecular flexibility index (Phi) is 2.83. The largest absolute Gasteiger partial charge is 0.453 e. The first-order chi connectivity index (χ1) is 10.9. The Bertz CT molecular complexity index is 800. The molecule has 106 valence electrons. The first kappa shape index (κ1) is 12.5.